The maximum absolute atomic E-state index is 10.5. The van der Waals surface area contributed by atoms with Gasteiger partial charge in [0.2, 0.25) is 0 Å². The molecule has 0 fully saturated rings. The molecule has 0 spiro atoms. The van der Waals surface area contributed by atoms with Gasteiger partial charge in [-0.05, 0) is 35.3 Å². The first-order valence-corrected chi connectivity index (χ1v) is 6.73. The molecule has 0 radical (unpaired) electrons. The van der Waals surface area contributed by atoms with Gasteiger partial charge in [0.15, 0.2) is 0 Å². The highest BCUT2D eigenvalue weighted by atomic mass is 79.9. The highest BCUT2D eigenvalue weighted by Gasteiger charge is 2.22. The second-order valence-electron chi connectivity index (χ2n) is 4.34. The van der Waals surface area contributed by atoms with Crippen LogP contribution in [-0.2, 0) is 13.6 Å². The molecule has 1 unspecified atom stereocenters. The second-order valence-corrected chi connectivity index (χ2v) is 5.19. The smallest absolute Gasteiger partial charge is 0.138 e. The van der Waals surface area contributed by atoms with E-state index in [1.54, 1.807) is 10.9 Å². The van der Waals surface area contributed by atoms with E-state index < -0.39 is 6.10 Å². The Labute approximate surface area is 115 Å². The van der Waals surface area contributed by atoms with Gasteiger partial charge in [-0.1, -0.05) is 6.92 Å². The summed E-state index contributed by atoms with van der Waals surface area (Å²) in [4.78, 5) is 0. The van der Waals surface area contributed by atoms with Gasteiger partial charge in [-0.15, -0.1) is 0 Å². The predicted molar refractivity (Wildman–Crippen MR) is 72.2 cm³/mol. The molecule has 1 atom stereocenters. The van der Waals surface area contributed by atoms with Crippen molar-refractivity contribution in [3.63, 3.8) is 0 Å². The van der Waals surface area contributed by atoms with Crippen LogP contribution in [0.2, 0.25) is 0 Å². The minimum Gasteiger partial charge on any atom is -0.380 e. The van der Waals surface area contributed by atoms with Crippen molar-refractivity contribution in [3.05, 3.63) is 33.8 Å². The lowest BCUT2D eigenvalue weighted by molar-refractivity contribution is 0.196. The van der Waals surface area contributed by atoms with Crippen LogP contribution >= 0.6 is 15.9 Å². The molecule has 0 aliphatic heterocycles. The van der Waals surface area contributed by atoms with E-state index >= 15 is 0 Å². The van der Waals surface area contributed by atoms with Crippen LogP contribution < -0.4 is 0 Å². The first-order valence-electron chi connectivity index (χ1n) is 5.94. The Balaban J connectivity index is 2.42. The highest BCUT2D eigenvalue weighted by Crippen LogP contribution is 2.28. The van der Waals surface area contributed by atoms with Crippen molar-refractivity contribution < 1.29 is 5.11 Å². The van der Waals surface area contributed by atoms with E-state index in [9.17, 15) is 5.11 Å². The van der Waals surface area contributed by atoms with E-state index in [2.05, 4.69) is 33.1 Å². The van der Waals surface area contributed by atoms with Gasteiger partial charge in [0.25, 0.3) is 0 Å². The number of aryl methyl sites for hydroxylation is 3. The van der Waals surface area contributed by atoms with Gasteiger partial charge in [-0.25, -0.2) is 0 Å². The van der Waals surface area contributed by atoms with Crippen molar-refractivity contribution in [1.29, 1.82) is 0 Å². The van der Waals surface area contributed by atoms with Crippen LogP contribution in [0, 0.1) is 6.92 Å². The Morgan fingerprint density at radius 1 is 1.50 bits per heavy atom. The van der Waals surface area contributed by atoms with Gasteiger partial charge < -0.3 is 5.11 Å². The quantitative estimate of drug-likeness (QED) is 0.941. The molecule has 2 rings (SSSR count). The third-order valence-corrected chi connectivity index (χ3v) is 3.46. The number of aromatic nitrogens is 4. The molecule has 2 heterocycles. The average molecular weight is 313 g/mol. The fourth-order valence-electron chi connectivity index (χ4n) is 2.06. The first kappa shape index (κ1) is 13.3. The number of halogens is 1. The Hall–Kier alpha value is -1.14. The Morgan fingerprint density at radius 2 is 2.22 bits per heavy atom. The molecule has 5 nitrogen and oxygen atoms in total. The molecule has 1 N–H and O–H groups in total. The average Bonchev–Trinajstić information content (AvgIpc) is 2.82. The minimum absolute atomic E-state index is 0.723. The van der Waals surface area contributed by atoms with Gasteiger partial charge in [0.05, 0.1) is 27.8 Å². The standard InChI is InChI=1S/C12H17BrN4O/c1-4-5-17-11(9(13)7-14-17)12(18)10-6-8(2)15-16(10)3/h6-7,12,18H,4-5H2,1-3H3. The largest absolute Gasteiger partial charge is 0.380 e. The van der Waals surface area contributed by atoms with Gasteiger partial charge in [-0.2, -0.15) is 10.2 Å². The lowest BCUT2D eigenvalue weighted by Crippen LogP contribution is -2.13. The van der Waals surface area contributed by atoms with Crippen molar-refractivity contribution in [2.75, 3.05) is 0 Å². The van der Waals surface area contributed by atoms with Crippen LogP contribution in [0.1, 0.15) is 36.5 Å². The van der Waals surface area contributed by atoms with Crippen LogP contribution in [-0.4, -0.2) is 24.7 Å². The Kier molecular flexibility index (Phi) is 3.87. The third-order valence-electron chi connectivity index (χ3n) is 2.85. The van der Waals surface area contributed by atoms with E-state index in [0.29, 0.717) is 0 Å². The highest BCUT2D eigenvalue weighted by molar-refractivity contribution is 9.10. The van der Waals surface area contributed by atoms with E-state index in [4.69, 9.17) is 0 Å². The molecule has 0 saturated heterocycles. The molecule has 2 aromatic rings. The summed E-state index contributed by atoms with van der Waals surface area (Å²) in [5, 5.41) is 19.0. The molecular formula is C12H17BrN4O. The second kappa shape index (κ2) is 5.24. The summed E-state index contributed by atoms with van der Waals surface area (Å²) in [6.07, 6.45) is 1.97. The van der Waals surface area contributed by atoms with Gasteiger partial charge in [-0.3, -0.25) is 9.36 Å². The maximum Gasteiger partial charge on any atom is 0.138 e. The van der Waals surface area contributed by atoms with Gasteiger partial charge >= 0.3 is 0 Å². The SMILES string of the molecule is CCCn1ncc(Br)c1C(O)c1cc(C)nn1C. The number of nitrogens with zero attached hydrogens (tertiary/aromatic N) is 4. The zero-order valence-electron chi connectivity index (χ0n) is 10.8. The van der Waals surface area contributed by atoms with Crippen LogP contribution in [0.4, 0.5) is 0 Å². The van der Waals surface area contributed by atoms with Crippen LogP contribution in [0.5, 0.6) is 0 Å². The Bertz CT molecular complexity index is 546. The summed E-state index contributed by atoms with van der Waals surface area (Å²) in [5.74, 6) is 0. The summed E-state index contributed by atoms with van der Waals surface area (Å²) in [6.45, 7) is 4.78. The third kappa shape index (κ3) is 2.35. The molecule has 0 aliphatic carbocycles. The maximum atomic E-state index is 10.5. The fraction of sp³-hybridized carbons (Fsp3) is 0.500. The van der Waals surface area contributed by atoms with Crippen LogP contribution in [0.25, 0.3) is 0 Å². The van der Waals surface area contributed by atoms with Crippen molar-refractivity contribution >= 4 is 15.9 Å². The summed E-state index contributed by atoms with van der Waals surface area (Å²) in [5.41, 5.74) is 2.44. The zero-order chi connectivity index (χ0) is 13.3. The number of hydrogen-bond donors (Lipinski definition) is 1. The van der Waals surface area contributed by atoms with Crippen LogP contribution in [0.15, 0.2) is 16.7 Å². The lowest BCUT2D eigenvalue weighted by Gasteiger charge is -2.14. The zero-order valence-corrected chi connectivity index (χ0v) is 12.3. The van der Waals surface area contributed by atoms with Crippen molar-refractivity contribution in [2.24, 2.45) is 7.05 Å². The van der Waals surface area contributed by atoms with Crippen molar-refractivity contribution in [2.45, 2.75) is 32.9 Å². The first-order chi connectivity index (χ1) is 8.54. The molecule has 2 aromatic heterocycles. The monoisotopic (exact) mass is 312 g/mol. The molecule has 0 bridgehead atoms. The van der Waals surface area contributed by atoms with Gasteiger partial charge in [0.1, 0.15) is 6.10 Å². The normalized spacial score (nSPS) is 12.9. The van der Waals surface area contributed by atoms with E-state index in [0.717, 1.165) is 34.5 Å². The van der Waals surface area contributed by atoms with Crippen molar-refractivity contribution in [3.8, 4) is 0 Å². The van der Waals surface area contributed by atoms with Crippen LogP contribution in [0.3, 0.4) is 0 Å². The summed E-state index contributed by atoms with van der Waals surface area (Å²) < 4.78 is 4.36. The number of hydrogen-bond acceptors (Lipinski definition) is 3. The molecule has 0 saturated carbocycles. The minimum atomic E-state index is -0.723. The van der Waals surface area contributed by atoms with Gasteiger partial charge in [0, 0.05) is 13.6 Å². The number of aliphatic hydroxyl groups is 1. The molecule has 98 valence electrons. The number of aliphatic hydroxyl groups excluding tert-OH is 1. The molecule has 0 aromatic carbocycles. The number of rotatable bonds is 4. The van der Waals surface area contributed by atoms with Crippen molar-refractivity contribution in [1.82, 2.24) is 19.6 Å². The predicted octanol–water partition coefficient (Wildman–Crippen LogP) is 2.18. The summed E-state index contributed by atoms with van der Waals surface area (Å²) in [6, 6.07) is 1.89. The lowest BCUT2D eigenvalue weighted by atomic mass is 10.1. The summed E-state index contributed by atoms with van der Waals surface area (Å²) >= 11 is 3.44. The molecule has 0 amide bonds. The molecule has 6 heteroatoms. The summed E-state index contributed by atoms with van der Waals surface area (Å²) in [7, 11) is 1.83. The molecular weight excluding hydrogens is 296 g/mol. The fourth-order valence-corrected chi connectivity index (χ4v) is 2.57. The van der Waals surface area contributed by atoms with E-state index in [-0.39, 0.29) is 0 Å². The molecule has 18 heavy (non-hydrogen) atoms. The molecule has 0 aliphatic rings. The van der Waals surface area contributed by atoms with E-state index in [1.165, 1.54) is 0 Å². The Morgan fingerprint density at radius 3 is 2.78 bits per heavy atom. The topological polar surface area (TPSA) is 55.9 Å². The van der Waals surface area contributed by atoms with E-state index in [1.807, 2.05) is 24.7 Å².